The molecule has 1 rings (SSSR count). The molecule has 0 atom stereocenters. The molecule has 0 bridgehead atoms. The lowest BCUT2D eigenvalue weighted by Gasteiger charge is -2.22. The van der Waals surface area contributed by atoms with Gasteiger partial charge in [0.1, 0.15) is 4.99 Å². The Balaban J connectivity index is 3.22. The third kappa shape index (κ3) is 3.97. The van der Waals surface area contributed by atoms with Crippen molar-refractivity contribution in [3.05, 3.63) is 29.8 Å². The van der Waals surface area contributed by atoms with E-state index in [9.17, 15) is 8.42 Å². The van der Waals surface area contributed by atoms with E-state index in [4.69, 9.17) is 27.8 Å². The van der Waals surface area contributed by atoms with Gasteiger partial charge in [-0.3, -0.25) is 0 Å². The fraction of sp³-hybridized carbons (Fsp3) is 0.417. The number of nitrogens with zero attached hydrogens (tertiary/aromatic N) is 1. The summed E-state index contributed by atoms with van der Waals surface area (Å²) in [5.41, 5.74) is 5.85. The Morgan fingerprint density at radius 2 is 2.05 bits per heavy atom. The highest BCUT2D eigenvalue weighted by Gasteiger charge is 2.26. The molecular formula is C12H18N2O4S2. The lowest BCUT2D eigenvalue weighted by Crippen LogP contribution is -2.37. The highest BCUT2D eigenvalue weighted by Crippen LogP contribution is 2.20. The number of rotatable bonds is 8. The van der Waals surface area contributed by atoms with Crippen molar-refractivity contribution in [3.8, 4) is 0 Å². The highest BCUT2D eigenvalue weighted by molar-refractivity contribution is 7.89. The van der Waals surface area contributed by atoms with E-state index in [0.29, 0.717) is 5.56 Å². The second-order valence-electron chi connectivity index (χ2n) is 3.98. The molecule has 0 aromatic heterocycles. The third-order valence-corrected chi connectivity index (χ3v) is 4.84. The lowest BCUT2D eigenvalue weighted by molar-refractivity contribution is 0.168. The van der Waals surface area contributed by atoms with Gasteiger partial charge in [-0.2, -0.15) is 4.31 Å². The molecule has 0 spiro atoms. The predicted octanol–water partition coefficient (Wildman–Crippen LogP) is -0.0498. The first-order valence-corrected chi connectivity index (χ1v) is 7.78. The molecular weight excluding hydrogens is 300 g/mol. The molecule has 8 heteroatoms. The summed E-state index contributed by atoms with van der Waals surface area (Å²) in [6, 6.07) is 6.27. The van der Waals surface area contributed by atoms with Crippen molar-refractivity contribution in [2.75, 3.05) is 33.4 Å². The Morgan fingerprint density at radius 3 is 2.60 bits per heavy atom. The molecule has 112 valence electrons. The van der Waals surface area contributed by atoms with Crippen molar-refractivity contribution in [1.29, 1.82) is 0 Å². The summed E-state index contributed by atoms with van der Waals surface area (Å²) in [5, 5.41) is 9.03. The second-order valence-corrected chi connectivity index (χ2v) is 6.33. The van der Waals surface area contributed by atoms with Crippen molar-refractivity contribution in [2.45, 2.75) is 4.90 Å². The summed E-state index contributed by atoms with van der Waals surface area (Å²) in [6.45, 7) is 0.0784. The van der Waals surface area contributed by atoms with E-state index in [0.717, 1.165) is 4.31 Å². The molecule has 1 aromatic carbocycles. The van der Waals surface area contributed by atoms with E-state index in [1.807, 2.05) is 0 Å². The zero-order valence-corrected chi connectivity index (χ0v) is 12.8. The van der Waals surface area contributed by atoms with Crippen LogP contribution in [-0.2, 0) is 14.8 Å². The van der Waals surface area contributed by atoms with Gasteiger partial charge in [0, 0.05) is 25.8 Å². The molecule has 6 nitrogen and oxygen atoms in total. The van der Waals surface area contributed by atoms with E-state index in [-0.39, 0.29) is 36.2 Å². The topological polar surface area (TPSA) is 92.9 Å². The number of hydrogen-bond acceptors (Lipinski definition) is 5. The monoisotopic (exact) mass is 318 g/mol. The summed E-state index contributed by atoms with van der Waals surface area (Å²) in [5.74, 6) is 0. The van der Waals surface area contributed by atoms with Gasteiger partial charge in [-0.15, -0.1) is 0 Å². The first-order valence-electron chi connectivity index (χ1n) is 5.94. The average molecular weight is 318 g/mol. The third-order valence-electron chi connectivity index (χ3n) is 2.66. The number of thiocarbonyl (C=S) groups is 1. The number of nitrogens with two attached hydrogens (primary N) is 1. The van der Waals surface area contributed by atoms with E-state index in [1.54, 1.807) is 18.2 Å². The van der Waals surface area contributed by atoms with Crippen LogP contribution in [0.4, 0.5) is 0 Å². The van der Waals surface area contributed by atoms with Crippen LogP contribution in [0.15, 0.2) is 29.2 Å². The van der Waals surface area contributed by atoms with Gasteiger partial charge in [0.05, 0.1) is 18.1 Å². The van der Waals surface area contributed by atoms with Gasteiger partial charge >= 0.3 is 0 Å². The minimum atomic E-state index is -3.79. The maximum absolute atomic E-state index is 12.6. The van der Waals surface area contributed by atoms with Gasteiger partial charge in [0.2, 0.25) is 10.0 Å². The maximum atomic E-state index is 12.6. The standard InChI is InChI=1S/C12H18N2O4S2/c1-18-9-7-14(6-8-15)20(16,17)11-5-3-2-4-10(11)12(13)19/h2-5,15H,6-9H2,1H3,(H2,13,19). The maximum Gasteiger partial charge on any atom is 0.243 e. The molecule has 0 aliphatic carbocycles. The number of aliphatic hydroxyl groups is 1. The summed E-state index contributed by atoms with van der Waals surface area (Å²) >= 11 is 4.88. The Labute approximate surface area is 124 Å². The molecule has 0 saturated heterocycles. The predicted molar refractivity (Wildman–Crippen MR) is 80.1 cm³/mol. The van der Waals surface area contributed by atoms with Crippen LogP contribution in [0, 0.1) is 0 Å². The normalized spacial score (nSPS) is 11.8. The molecule has 0 radical (unpaired) electrons. The second kappa shape index (κ2) is 7.65. The van der Waals surface area contributed by atoms with Crippen molar-refractivity contribution in [2.24, 2.45) is 5.73 Å². The largest absolute Gasteiger partial charge is 0.395 e. The lowest BCUT2D eigenvalue weighted by atomic mass is 10.2. The minimum absolute atomic E-state index is 0.0138. The first-order chi connectivity index (χ1) is 9.45. The van der Waals surface area contributed by atoms with Crippen LogP contribution >= 0.6 is 12.2 Å². The fourth-order valence-electron chi connectivity index (χ4n) is 1.69. The van der Waals surface area contributed by atoms with Crippen molar-refractivity contribution in [1.82, 2.24) is 4.31 Å². The zero-order chi connectivity index (χ0) is 15.2. The molecule has 0 amide bonds. The van der Waals surface area contributed by atoms with Gasteiger partial charge in [0.15, 0.2) is 0 Å². The van der Waals surface area contributed by atoms with Crippen LogP contribution in [0.2, 0.25) is 0 Å². The number of ether oxygens (including phenoxy) is 1. The van der Waals surface area contributed by atoms with Gasteiger partial charge in [0.25, 0.3) is 0 Å². The Morgan fingerprint density at radius 1 is 1.40 bits per heavy atom. The summed E-state index contributed by atoms with van der Waals surface area (Å²) < 4.78 is 31.2. The number of sulfonamides is 1. The van der Waals surface area contributed by atoms with Crippen LogP contribution in [0.5, 0.6) is 0 Å². The van der Waals surface area contributed by atoms with Crippen molar-refractivity contribution < 1.29 is 18.3 Å². The van der Waals surface area contributed by atoms with E-state index in [1.165, 1.54) is 13.2 Å². The summed E-state index contributed by atoms with van der Waals surface area (Å²) in [6.07, 6.45) is 0. The van der Waals surface area contributed by atoms with Crippen molar-refractivity contribution >= 4 is 27.2 Å². The number of hydrogen-bond donors (Lipinski definition) is 2. The minimum Gasteiger partial charge on any atom is -0.395 e. The summed E-state index contributed by atoms with van der Waals surface area (Å²) in [4.78, 5) is 0.0527. The number of benzene rings is 1. The van der Waals surface area contributed by atoms with E-state index >= 15 is 0 Å². The Kier molecular flexibility index (Phi) is 6.50. The van der Waals surface area contributed by atoms with Crippen LogP contribution in [0.3, 0.4) is 0 Å². The molecule has 0 aliphatic heterocycles. The fourth-order valence-corrected chi connectivity index (χ4v) is 3.56. The molecule has 0 fully saturated rings. The van der Waals surface area contributed by atoms with E-state index < -0.39 is 10.0 Å². The molecule has 3 N–H and O–H groups in total. The first kappa shape index (κ1) is 17.0. The van der Waals surface area contributed by atoms with Crippen LogP contribution < -0.4 is 5.73 Å². The Bertz CT molecular complexity index is 560. The molecule has 0 aliphatic rings. The molecule has 1 aromatic rings. The van der Waals surface area contributed by atoms with Crippen molar-refractivity contribution in [3.63, 3.8) is 0 Å². The summed E-state index contributed by atoms with van der Waals surface area (Å²) in [7, 11) is -2.31. The van der Waals surface area contributed by atoms with Gasteiger partial charge in [-0.25, -0.2) is 8.42 Å². The smallest absolute Gasteiger partial charge is 0.243 e. The number of aliphatic hydroxyl groups excluding tert-OH is 1. The van der Waals surface area contributed by atoms with Gasteiger partial charge in [-0.1, -0.05) is 30.4 Å². The molecule has 20 heavy (non-hydrogen) atoms. The van der Waals surface area contributed by atoms with Gasteiger partial charge in [-0.05, 0) is 6.07 Å². The zero-order valence-electron chi connectivity index (χ0n) is 11.2. The van der Waals surface area contributed by atoms with Crippen LogP contribution in [-0.4, -0.2) is 56.2 Å². The number of methoxy groups -OCH3 is 1. The molecule has 0 saturated carbocycles. The van der Waals surface area contributed by atoms with E-state index in [2.05, 4.69) is 0 Å². The van der Waals surface area contributed by atoms with Crippen LogP contribution in [0.25, 0.3) is 0 Å². The Hall–Kier alpha value is -1.06. The highest BCUT2D eigenvalue weighted by atomic mass is 32.2. The molecule has 0 heterocycles. The molecule has 0 unspecified atom stereocenters. The average Bonchev–Trinajstić information content (AvgIpc) is 2.43. The van der Waals surface area contributed by atoms with Crippen LogP contribution in [0.1, 0.15) is 5.56 Å². The SMILES string of the molecule is COCCN(CCO)S(=O)(=O)c1ccccc1C(N)=S. The quantitative estimate of drug-likeness (QED) is 0.653. The van der Waals surface area contributed by atoms with Gasteiger partial charge < -0.3 is 15.6 Å².